The van der Waals surface area contributed by atoms with Crippen molar-refractivity contribution in [3.8, 4) is 0 Å². The van der Waals surface area contributed by atoms with Gasteiger partial charge in [-0.25, -0.2) is 4.79 Å². The molecule has 18 heavy (non-hydrogen) atoms. The molecule has 0 unspecified atom stereocenters. The molecule has 100 valence electrons. The summed E-state index contributed by atoms with van der Waals surface area (Å²) in [4.78, 5) is 24.8. The zero-order valence-corrected chi connectivity index (χ0v) is 11.1. The van der Waals surface area contributed by atoms with Gasteiger partial charge in [-0.3, -0.25) is 14.3 Å². The number of aliphatic hydroxyl groups is 3. The summed E-state index contributed by atoms with van der Waals surface area (Å²) in [5.74, 6) is 0. The predicted molar refractivity (Wildman–Crippen MR) is 67.0 cm³/mol. The summed E-state index contributed by atoms with van der Waals surface area (Å²) in [6.45, 7) is -0.483. The van der Waals surface area contributed by atoms with E-state index in [1.807, 2.05) is 4.98 Å². The molecule has 4 N–H and O–H groups in total. The average molecular weight is 370 g/mol. The van der Waals surface area contributed by atoms with Crippen molar-refractivity contribution in [1.29, 1.82) is 0 Å². The highest BCUT2D eigenvalue weighted by molar-refractivity contribution is 14.1. The lowest BCUT2D eigenvalue weighted by Crippen LogP contribution is -2.39. The summed E-state index contributed by atoms with van der Waals surface area (Å²) in [5, 5.41) is 28.3. The van der Waals surface area contributed by atoms with Crippen LogP contribution in [0, 0.1) is 3.70 Å². The lowest BCUT2D eigenvalue weighted by atomic mass is 10.1. The number of hydrogen-bond acceptors (Lipinski definition) is 6. The van der Waals surface area contributed by atoms with Crippen LogP contribution in [0.25, 0.3) is 0 Å². The monoisotopic (exact) mass is 370 g/mol. The van der Waals surface area contributed by atoms with Crippen molar-refractivity contribution < 1.29 is 20.1 Å². The first-order chi connectivity index (χ1) is 8.45. The number of H-pyrrole nitrogens is 1. The molecule has 2 heterocycles. The largest absolute Gasteiger partial charge is 0.394 e. The van der Waals surface area contributed by atoms with Crippen LogP contribution in [0.1, 0.15) is 6.23 Å². The van der Waals surface area contributed by atoms with Gasteiger partial charge in [0.1, 0.15) is 18.3 Å². The van der Waals surface area contributed by atoms with E-state index in [1.54, 1.807) is 22.6 Å². The number of rotatable bonds is 2. The van der Waals surface area contributed by atoms with E-state index in [0.717, 1.165) is 10.6 Å². The Morgan fingerprint density at radius 2 is 2.06 bits per heavy atom. The maximum atomic E-state index is 11.7. The lowest BCUT2D eigenvalue weighted by molar-refractivity contribution is -0.0562. The molecular formula is C9H11IN2O6. The topological polar surface area (TPSA) is 125 Å². The fourth-order valence-corrected chi connectivity index (χ4v) is 2.58. The summed E-state index contributed by atoms with van der Waals surface area (Å²) >= 11 is 1.75. The van der Waals surface area contributed by atoms with Crippen molar-refractivity contribution >= 4 is 22.6 Å². The molecule has 0 saturated carbocycles. The standard InChI is InChI=1S/C9H11IN2O6/c10-4-1-5(14)11-9(17)12(4)8-7(16)6(15)3(2-13)18-8/h1,3,6-8,13,15-16H,2H2,(H,11,14,17)/t3-,6-,7+,8-/m1/s1. The average Bonchev–Trinajstić information content (AvgIpc) is 2.56. The highest BCUT2D eigenvalue weighted by Crippen LogP contribution is 2.28. The van der Waals surface area contributed by atoms with Crippen molar-refractivity contribution in [2.24, 2.45) is 0 Å². The van der Waals surface area contributed by atoms with Crippen molar-refractivity contribution in [3.05, 3.63) is 30.6 Å². The lowest BCUT2D eigenvalue weighted by Gasteiger charge is -2.18. The van der Waals surface area contributed by atoms with Gasteiger partial charge in [-0.1, -0.05) is 0 Å². The van der Waals surface area contributed by atoms with Crippen LogP contribution in [0.2, 0.25) is 0 Å². The Labute approximate surface area is 114 Å². The normalized spacial score (nSPS) is 31.8. The Kier molecular flexibility index (Phi) is 3.87. The van der Waals surface area contributed by atoms with Crippen LogP contribution in [0.15, 0.2) is 15.7 Å². The second-order valence-corrected chi connectivity index (χ2v) is 4.97. The van der Waals surface area contributed by atoms with Gasteiger partial charge in [0.05, 0.1) is 10.3 Å². The van der Waals surface area contributed by atoms with Gasteiger partial charge >= 0.3 is 5.69 Å². The van der Waals surface area contributed by atoms with E-state index in [-0.39, 0.29) is 3.70 Å². The number of aliphatic hydroxyl groups excluding tert-OH is 3. The van der Waals surface area contributed by atoms with Crippen molar-refractivity contribution in [3.63, 3.8) is 0 Å². The number of nitrogens with zero attached hydrogens (tertiary/aromatic N) is 1. The van der Waals surface area contributed by atoms with Crippen LogP contribution in [-0.2, 0) is 4.74 Å². The van der Waals surface area contributed by atoms with Gasteiger partial charge in [0, 0.05) is 6.07 Å². The van der Waals surface area contributed by atoms with E-state index in [1.165, 1.54) is 0 Å². The minimum absolute atomic E-state index is 0.260. The molecule has 0 aliphatic carbocycles. The number of nitrogens with one attached hydrogen (secondary N) is 1. The van der Waals surface area contributed by atoms with Gasteiger partial charge in [-0.2, -0.15) is 0 Å². The van der Waals surface area contributed by atoms with Crippen LogP contribution in [0.4, 0.5) is 0 Å². The number of halogens is 1. The Morgan fingerprint density at radius 1 is 1.39 bits per heavy atom. The molecule has 1 saturated heterocycles. The molecule has 0 spiro atoms. The molecule has 9 heteroatoms. The molecule has 4 atom stereocenters. The number of aromatic amines is 1. The zero-order valence-electron chi connectivity index (χ0n) is 8.99. The molecule has 1 aliphatic rings. The molecule has 1 aromatic heterocycles. The fraction of sp³-hybridized carbons (Fsp3) is 0.556. The predicted octanol–water partition coefficient (Wildman–Crippen LogP) is -2.25. The fourth-order valence-electron chi connectivity index (χ4n) is 1.81. The molecule has 0 radical (unpaired) electrons. The molecule has 0 bridgehead atoms. The van der Waals surface area contributed by atoms with Gasteiger partial charge in [0.2, 0.25) is 0 Å². The minimum Gasteiger partial charge on any atom is -0.394 e. The maximum Gasteiger partial charge on any atom is 0.331 e. The second kappa shape index (κ2) is 5.09. The van der Waals surface area contributed by atoms with Crippen LogP contribution >= 0.6 is 22.6 Å². The Hall–Kier alpha value is -0.750. The van der Waals surface area contributed by atoms with Crippen LogP contribution < -0.4 is 11.2 Å². The first kappa shape index (κ1) is 13.7. The summed E-state index contributed by atoms with van der Waals surface area (Å²) in [6.07, 6.45) is -4.78. The van der Waals surface area contributed by atoms with Crippen molar-refractivity contribution in [2.45, 2.75) is 24.5 Å². The number of hydrogen-bond donors (Lipinski definition) is 4. The third-order valence-electron chi connectivity index (χ3n) is 2.70. The van der Waals surface area contributed by atoms with Crippen LogP contribution in [-0.4, -0.2) is 49.8 Å². The Balaban J connectivity index is 2.45. The zero-order chi connectivity index (χ0) is 13.4. The third kappa shape index (κ3) is 2.23. The minimum atomic E-state index is -1.36. The summed E-state index contributed by atoms with van der Waals surface area (Å²) in [6, 6.07) is 1.16. The number of ether oxygens (including phenoxy) is 1. The van der Waals surface area contributed by atoms with Crippen molar-refractivity contribution in [1.82, 2.24) is 9.55 Å². The quantitative estimate of drug-likeness (QED) is 0.345. The smallest absolute Gasteiger partial charge is 0.331 e. The van der Waals surface area contributed by atoms with Crippen LogP contribution in [0.5, 0.6) is 0 Å². The van der Waals surface area contributed by atoms with E-state index >= 15 is 0 Å². The first-order valence-electron chi connectivity index (χ1n) is 5.09. The summed E-state index contributed by atoms with van der Waals surface area (Å²) in [7, 11) is 0. The molecular weight excluding hydrogens is 359 g/mol. The SMILES string of the molecule is O=c1cc(I)n([C@@H]2O[C@H](CO)[C@@H](O)[C@@H]2O)c(=O)[nH]1. The Morgan fingerprint density at radius 3 is 2.56 bits per heavy atom. The van der Waals surface area contributed by atoms with E-state index in [2.05, 4.69) is 0 Å². The molecule has 1 fully saturated rings. The highest BCUT2D eigenvalue weighted by atomic mass is 127. The van der Waals surface area contributed by atoms with E-state index < -0.39 is 42.4 Å². The molecule has 2 rings (SSSR count). The van der Waals surface area contributed by atoms with Gasteiger partial charge in [-0.05, 0) is 22.6 Å². The number of aromatic nitrogens is 2. The van der Waals surface area contributed by atoms with Crippen LogP contribution in [0.3, 0.4) is 0 Å². The van der Waals surface area contributed by atoms with Crippen molar-refractivity contribution in [2.75, 3.05) is 6.61 Å². The van der Waals surface area contributed by atoms with Gasteiger partial charge in [0.25, 0.3) is 5.56 Å². The molecule has 1 aliphatic heterocycles. The van der Waals surface area contributed by atoms with Gasteiger partial charge < -0.3 is 20.1 Å². The summed E-state index contributed by atoms with van der Waals surface area (Å²) < 4.78 is 6.49. The van der Waals surface area contributed by atoms with E-state index in [9.17, 15) is 19.8 Å². The Bertz CT molecular complexity index is 555. The highest BCUT2D eigenvalue weighted by Gasteiger charge is 2.44. The van der Waals surface area contributed by atoms with E-state index in [0.29, 0.717) is 0 Å². The third-order valence-corrected chi connectivity index (χ3v) is 3.53. The van der Waals surface area contributed by atoms with E-state index in [4.69, 9.17) is 9.84 Å². The molecule has 1 aromatic rings. The van der Waals surface area contributed by atoms with Gasteiger partial charge in [-0.15, -0.1) is 0 Å². The first-order valence-corrected chi connectivity index (χ1v) is 6.17. The molecule has 8 nitrogen and oxygen atoms in total. The second-order valence-electron chi connectivity index (χ2n) is 3.86. The maximum absolute atomic E-state index is 11.7. The summed E-state index contributed by atoms with van der Waals surface area (Å²) in [5.41, 5.74) is -1.31. The molecule has 0 aromatic carbocycles. The molecule has 0 amide bonds. The van der Waals surface area contributed by atoms with Gasteiger partial charge in [0.15, 0.2) is 6.23 Å².